The van der Waals surface area contributed by atoms with Crippen LogP contribution in [0.15, 0.2) is 18.5 Å². The molecule has 114 valence electrons. The number of pyridine rings is 1. The zero-order valence-corrected chi connectivity index (χ0v) is 11.5. The number of nitrogens with zero attached hydrogens (tertiary/aromatic N) is 1. The van der Waals surface area contributed by atoms with Crippen LogP contribution in [0.2, 0.25) is 0 Å². The molecule has 0 spiro atoms. The molecule has 0 bridgehead atoms. The number of carboxylic acids is 2. The molecule has 0 aliphatic rings. The number of nitrogens with one attached hydrogen (secondary N) is 2. The standard InChI is InChI=1S/C13H17N3O5/c1-8-5-9(7-14-6-8)15-13(21)16-10(12(19)20)3-2-4-11(17)18/h5-7,10H,2-4H2,1H3,(H,17,18)(H,19,20)(H2,15,16,21)/t10-/m1/s1. The van der Waals surface area contributed by atoms with Crippen LogP contribution >= 0.6 is 0 Å². The second kappa shape index (κ2) is 7.83. The molecule has 0 aromatic carbocycles. The number of hydrogen-bond acceptors (Lipinski definition) is 4. The van der Waals surface area contributed by atoms with Crippen LogP contribution < -0.4 is 10.6 Å². The van der Waals surface area contributed by atoms with Crippen molar-refractivity contribution in [2.45, 2.75) is 32.2 Å². The second-order valence-electron chi connectivity index (χ2n) is 4.53. The monoisotopic (exact) mass is 295 g/mol. The quantitative estimate of drug-likeness (QED) is 0.598. The molecule has 1 aromatic rings. The Morgan fingerprint density at radius 2 is 2.00 bits per heavy atom. The van der Waals surface area contributed by atoms with Crippen molar-refractivity contribution in [1.29, 1.82) is 0 Å². The summed E-state index contributed by atoms with van der Waals surface area (Å²) in [5.74, 6) is -2.22. The average molecular weight is 295 g/mol. The van der Waals surface area contributed by atoms with Crippen molar-refractivity contribution in [2.24, 2.45) is 0 Å². The lowest BCUT2D eigenvalue weighted by Crippen LogP contribution is -2.43. The van der Waals surface area contributed by atoms with Gasteiger partial charge in [-0.25, -0.2) is 9.59 Å². The zero-order chi connectivity index (χ0) is 15.8. The topological polar surface area (TPSA) is 129 Å². The fraction of sp³-hybridized carbons (Fsp3) is 0.385. The number of urea groups is 1. The first-order valence-corrected chi connectivity index (χ1v) is 6.32. The Labute approximate surface area is 121 Å². The molecule has 0 aliphatic heterocycles. The third-order valence-corrected chi connectivity index (χ3v) is 2.62. The van der Waals surface area contributed by atoms with Crippen molar-refractivity contribution in [2.75, 3.05) is 5.32 Å². The lowest BCUT2D eigenvalue weighted by Gasteiger charge is -2.14. The van der Waals surface area contributed by atoms with Gasteiger partial charge in [0, 0.05) is 12.6 Å². The van der Waals surface area contributed by atoms with E-state index in [-0.39, 0.29) is 19.3 Å². The Morgan fingerprint density at radius 3 is 2.57 bits per heavy atom. The lowest BCUT2D eigenvalue weighted by atomic mass is 10.1. The van der Waals surface area contributed by atoms with E-state index < -0.39 is 24.0 Å². The van der Waals surface area contributed by atoms with Gasteiger partial charge in [-0.1, -0.05) is 0 Å². The molecular weight excluding hydrogens is 278 g/mol. The van der Waals surface area contributed by atoms with Crippen LogP contribution in [-0.4, -0.2) is 39.2 Å². The molecule has 0 saturated heterocycles. The number of rotatable bonds is 7. The maximum absolute atomic E-state index is 11.7. The van der Waals surface area contributed by atoms with Gasteiger partial charge in [-0.3, -0.25) is 9.78 Å². The SMILES string of the molecule is Cc1cncc(NC(=O)N[C@H](CCCC(=O)O)C(=O)O)c1. The Bertz CT molecular complexity index is 532. The summed E-state index contributed by atoms with van der Waals surface area (Å²) in [6.07, 6.45) is 3.12. The van der Waals surface area contributed by atoms with E-state index in [9.17, 15) is 14.4 Å². The fourth-order valence-corrected chi connectivity index (χ4v) is 1.66. The van der Waals surface area contributed by atoms with Crippen LogP contribution in [0.25, 0.3) is 0 Å². The van der Waals surface area contributed by atoms with Crippen LogP contribution in [0.3, 0.4) is 0 Å². The van der Waals surface area contributed by atoms with Crippen molar-refractivity contribution >= 4 is 23.7 Å². The molecule has 0 saturated carbocycles. The van der Waals surface area contributed by atoms with Crippen molar-refractivity contribution < 1.29 is 24.6 Å². The van der Waals surface area contributed by atoms with Gasteiger partial charge in [-0.2, -0.15) is 0 Å². The summed E-state index contributed by atoms with van der Waals surface area (Å²) in [5.41, 5.74) is 1.30. The molecule has 8 nitrogen and oxygen atoms in total. The zero-order valence-electron chi connectivity index (χ0n) is 11.5. The molecule has 1 atom stereocenters. The van der Waals surface area contributed by atoms with Crippen molar-refractivity contribution in [1.82, 2.24) is 10.3 Å². The molecule has 1 rings (SSSR count). The predicted molar refractivity (Wildman–Crippen MR) is 74.0 cm³/mol. The van der Waals surface area contributed by atoms with Gasteiger partial charge < -0.3 is 20.8 Å². The van der Waals surface area contributed by atoms with Gasteiger partial charge in [-0.05, 0) is 31.4 Å². The number of amides is 2. The minimum Gasteiger partial charge on any atom is -0.481 e. The predicted octanol–water partition coefficient (Wildman–Crippen LogP) is 1.22. The maximum Gasteiger partial charge on any atom is 0.326 e. The number of aryl methyl sites for hydroxylation is 1. The summed E-state index contributed by atoms with van der Waals surface area (Å²) in [6, 6.07) is -0.125. The lowest BCUT2D eigenvalue weighted by molar-refractivity contribution is -0.140. The van der Waals surface area contributed by atoms with E-state index in [0.717, 1.165) is 5.56 Å². The fourth-order valence-electron chi connectivity index (χ4n) is 1.66. The van der Waals surface area contributed by atoms with Gasteiger partial charge in [0.25, 0.3) is 0 Å². The smallest absolute Gasteiger partial charge is 0.326 e. The third kappa shape index (κ3) is 6.37. The van der Waals surface area contributed by atoms with Gasteiger partial charge in [0.05, 0.1) is 11.9 Å². The first-order valence-electron chi connectivity index (χ1n) is 6.32. The van der Waals surface area contributed by atoms with E-state index >= 15 is 0 Å². The van der Waals surface area contributed by atoms with Crippen LogP contribution in [-0.2, 0) is 9.59 Å². The van der Waals surface area contributed by atoms with Gasteiger partial charge in [0.15, 0.2) is 0 Å². The summed E-state index contributed by atoms with van der Waals surface area (Å²) in [4.78, 5) is 37.0. The molecule has 0 unspecified atom stereocenters. The van der Waals surface area contributed by atoms with E-state index in [0.29, 0.717) is 5.69 Å². The highest BCUT2D eigenvalue weighted by atomic mass is 16.4. The van der Waals surface area contributed by atoms with Crippen LogP contribution in [0.4, 0.5) is 10.5 Å². The molecular formula is C13H17N3O5. The summed E-state index contributed by atoms with van der Waals surface area (Å²) in [6.45, 7) is 1.81. The maximum atomic E-state index is 11.7. The Hall–Kier alpha value is -2.64. The molecule has 1 heterocycles. The largest absolute Gasteiger partial charge is 0.481 e. The number of carbonyl (C=O) groups is 3. The number of carbonyl (C=O) groups excluding carboxylic acids is 1. The average Bonchev–Trinajstić information content (AvgIpc) is 2.36. The minimum atomic E-state index is -1.21. The molecule has 21 heavy (non-hydrogen) atoms. The van der Waals surface area contributed by atoms with E-state index in [1.54, 1.807) is 12.3 Å². The second-order valence-corrected chi connectivity index (χ2v) is 4.53. The highest BCUT2D eigenvalue weighted by Gasteiger charge is 2.20. The summed E-state index contributed by atoms with van der Waals surface area (Å²) >= 11 is 0. The van der Waals surface area contributed by atoms with Gasteiger partial charge in [0.2, 0.25) is 0 Å². The van der Waals surface area contributed by atoms with E-state index in [1.807, 2.05) is 6.92 Å². The van der Waals surface area contributed by atoms with Gasteiger partial charge >= 0.3 is 18.0 Å². The highest BCUT2D eigenvalue weighted by Crippen LogP contribution is 2.07. The van der Waals surface area contributed by atoms with Crippen molar-refractivity contribution in [3.05, 3.63) is 24.0 Å². The first kappa shape index (κ1) is 16.4. The first-order chi connectivity index (χ1) is 9.88. The number of carboxylic acid groups (broad SMARTS) is 2. The van der Waals surface area contributed by atoms with Crippen LogP contribution in [0.1, 0.15) is 24.8 Å². The molecule has 1 aromatic heterocycles. The van der Waals surface area contributed by atoms with Crippen LogP contribution in [0, 0.1) is 6.92 Å². The number of aliphatic carboxylic acids is 2. The van der Waals surface area contributed by atoms with Gasteiger partial charge in [0.1, 0.15) is 6.04 Å². The molecule has 8 heteroatoms. The van der Waals surface area contributed by atoms with Crippen LogP contribution in [0.5, 0.6) is 0 Å². The molecule has 0 fully saturated rings. The summed E-state index contributed by atoms with van der Waals surface area (Å²) in [7, 11) is 0. The number of aromatic nitrogens is 1. The Balaban J connectivity index is 2.52. The molecule has 2 amide bonds. The molecule has 0 radical (unpaired) electrons. The van der Waals surface area contributed by atoms with Crippen molar-refractivity contribution in [3.8, 4) is 0 Å². The van der Waals surface area contributed by atoms with E-state index in [4.69, 9.17) is 10.2 Å². The Kier molecular flexibility index (Phi) is 6.12. The van der Waals surface area contributed by atoms with Crippen molar-refractivity contribution in [3.63, 3.8) is 0 Å². The highest BCUT2D eigenvalue weighted by molar-refractivity contribution is 5.92. The molecule has 0 aliphatic carbocycles. The van der Waals surface area contributed by atoms with E-state index in [1.165, 1.54) is 6.20 Å². The van der Waals surface area contributed by atoms with Gasteiger partial charge in [-0.15, -0.1) is 0 Å². The normalized spacial score (nSPS) is 11.5. The van der Waals surface area contributed by atoms with E-state index in [2.05, 4.69) is 15.6 Å². The number of hydrogen-bond donors (Lipinski definition) is 4. The number of anilines is 1. The summed E-state index contributed by atoms with van der Waals surface area (Å²) < 4.78 is 0. The summed E-state index contributed by atoms with van der Waals surface area (Å²) in [5, 5.41) is 22.3. The molecule has 4 N–H and O–H groups in total. The minimum absolute atomic E-state index is 0.0428. The third-order valence-electron chi connectivity index (χ3n) is 2.62. The Morgan fingerprint density at radius 1 is 1.29 bits per heavy atom.